The Morgan fingerprint density at radius 1 is 1.23 bits per heavy atom. The third-order valence-electron chi connectivity index (χ3n) is 4.18. The van der Waals surface area contributed by atoms with Crippen LogP contribution in [-0.4, -0.2) is 29.9 Å². The summed E-state index contributed by atoms with van der Waals surface area (Å²) in [6.45, 7) is 0. The molecule has 0 bridgehead atoms. The molecule has 4 nitrogen and oxygen atoms in total. The van der Waals surface area contributed by atoms with Crippen LogP contribution < -0.4 is 9.70 Å². The Kier molecular flexibility index (Phi) is 4.62. The first-order valence-electron chi connectivity index (χ1n) is 7.99. The second-order valence-electron chi connectivity index (χ2n) is 6.18. The lowest BCUT2D eigenvalue weighted by Crippen LogP contribution is -2.18. The van der Waals surface area contributed by atoms with E-state index in [0.29, 0.717) is 6.04 Å². The highest BCUT2D eigenvalue weighted by Crippen LogP contribution is 2.24. The zero-order valence-corrected chi connectivity index (χ0v) is 14.4. The summed E-state index contributed by atoms with van der Waals surface area (Å²) in [5.41, 5.74) is 2.36. The fourth-order valence-corrected chi connectivity index (χ4v) is 3.82. The molecule has 0 saturated heterocycles. The van der Waals surface area contributed by atoms with Gasteiger partial charge in [-0.3, -0.25) is 4.99 Å². The fraction of sp³-hybridized carbons (Fsp3) is 0.529. The van der Waals surface area contributed by atoms with E-state index in [-0.39, 0.29) is 0 Å². The quantitative estimate of drug-likeness (QED) is 0.869. The van der Waals surface area contributed by atoms with Gasteiger partial charge in [0.1, 0.15) is 5.01 Å². The van der Waals surface area contributed by atoms with E-state index in [1.165, 1.54) is 37.8 Å². The Hall–Kier alpha value is -1.62. The molecular formula is C17H24N4S. The van der Waals surface area contributed by atoms with Crippen LogP contribution in [0, 0.1) is 0 Å². The highest BCUT2D eigenvalue weighted by Gasteiger charge is 2.13. The second kappa shape index (κ2) is 6.65. The maximum Gasteiger partial charge on any atom is 0.203 e. The van der Waals surface area contributed by atoms with Gasteiger partial charge in [0, 0.05) is 32.4 Å². The molecule has 0 amide bonds. The Morgan fingerprint density at radius 2 is 2.00 bits per heavy atom. The summed E-state index contributed by atoms with van der Waals surface area (Å²) in [5, 5.41) is 5.71. The van der Waals surface area contributed by atoms with Gasteiger partial charge in [0.15, 0.2) is 0 Å². The number of anilines is 1. The minimum Gasteiger partial charge on any atom is -0.378 e. The highest BCUT2D eigenvalue weighted by atomic mass is 32.1. The van der Waals surface area contributed by atoms with Crippen LogP contribution in [0.4, 0.5) is 5.69 Å². The van der Waals surface area contributed by atoms with Crippen LogP contribution in [-0.2, 0) is 7.05 Å². The second-order valence-corrected chi connectivity index (χ2v) is 7.14. The van der Waals surface area contributed by atoms with Crippen molar-refractivity contribution in [1.82, 2.24) is 9.78 Å². The van der Waals surface area contributed by atoms with Gasteiger partial charge in [0.05, 0.1) is 6.04 Å². The SMILES string of the molecule is CN(C)c1cccc(-c2nn(C)c(=NC3CCCCC3)s2)c1. The smallest absolute Gasteiger partial charge is 0.203 e. The number of nitrogens with zero attached hydrogens (tertiary/aromatic N) is 4. The molecule has 1 aromatic carbocycles. The molecule has 1 aliphatic carbocycles. The van der Waals surface area contributed by atoms with Crippen molar-refractivity contribution in [2.24, 2.45) is 12.0 Å². The average molecular weight is 316 g/mol. The van der Waals surface area contributed by atoms with E-state index in [2.05, 4.69) is 48.4 Å². The summed E-state index contributed by atoms with van der Waals surface area (Å²) in [5.74, 6) is 0. The predicted octanol–water partition coefficient (Wildman–Crippen LogP) is 3.45. The molecule has 0 aliphatic heterocycles. The molecular weight excluding hydrogens is 292 g/mol. The lowest BCUT2D eigenvalue weighted by atomic mass is 9.96. The molecule has 1 aromatic heterocycles. The van der Waals surface area contributed by atoms with Gasteiger partial charge in [0.2, 0.25) is 4.80 Å². The minimum absolute atomic E-state index is 0.487. The van der Waals surface area contributed by atoms with Crippen LogP contribution in [0.3, 0.4) is 0 Å². The van der Waals surface area contributed by atoms with Crippen molar-refractivity contribution in [1.29, 1.82) is 0 Å². The fourth-order valence-electron chi connectivity index (χ4n) is 2.86. The first kappa shape index (κ1) is 15.3. The summed E-state index contributed by atoms with van der Waals surface area (Å²) >= 11 is 1.69. The maximum atomic E-state index is 4.93. The number of hydrogen-bond donors (Lipinski definition) is 0. The third kappa shape index (κ3) is 3.40. The lowest BCUT2D eigenvalue weighted by molar-refractivity contribution is 0.434. The number of hydrogen-bond acceptors (Lipinski definition) is 4. The lowest BCUT2D eigenvalue weighted by Gasteiger charge is -2.16. The van der Waals surface area contributed by atoms with Crippen LogP contribution in [0.25, 0.3) is 10.6 Å². The van der Waals surface area contributed by atoms with Crippen molar-refractivity contribution in [3.63, 3.8) is 0 Å². The van der Waals surface area contributed by atoms with Gasteiger partial charge in [-0.05, 0) is 25.0 Å². The molecule has 2 aromatic rings. The summed E-state index contributed by atoms with van der Waals surface area (Å²) in [6.07, 6.45) is 6.44. The van der Waals surface area contributed by atoms with Gasteiger partial charge < -0.3 is 4.90 Å². The van der Waals surface area contributed by atoms with Gasteiger partial charge >= 0.3 is 0 Å². The maximum absolute atomic E-state index is 4.93. The Bertz CT molecular complexity index is 693. The molecule has 1 heterocycles. The Balaban J connectivity index is 1.91. The van der Waals surface area contributed by atoms with Crippen LogP contribution in [0.1, 0.15) is 32.1 Å². The van der Waals surface area contributed by atoms with E-state index in [0.717, 1.165) is 15.4 Å². The van der Waals surface area contributed by atoms with Crippen molar-refractivity contribution in [2.45, 2.75) is 38.1 Å². The van der Waals surface area contributed by atoms with Crippen LogP contribution in [0.5, 0.6) is 0 Å². The van der Waals surface area contributed by atoms with E-state index < -0.39 is 0 Å². The molecule has 0 unspecified atom stereocenters. The van der Waals surface area contributed by atoms with Gasteiger partial charge in [-0.2, -0.15) is 5.10 Å². The largest absolute Gasteiger partial charge is 0.378 e. The topological polar surface area (TPSA) is 33.4 Å². The van der Waals surface area contributed by atoms with Crippen molar-refractivity contribution >= 4 is 17.0 Å². The molecule has 1 aliphatic rings. The number of benzene rings is 1. The van der Waals surface area contributed by atoms with E-state index in [1.807, 2.05) is 11.7 Å². The molecule has 0 radical (unpaired) electrons. The molecule has 22 heavy (non-hydrogen) atoms. The average Bonchev–Trinajstić information content (AvgIpc) is 2.89. The molecule has 0 N–H and O–H groups in total. The van der Waals surface area contributed by atoms with Crippen LogP contribution in [0.2, 0.25) is 0 Å². The van der Waals surface area contributed by atoms with Crippen molar-refractivity contribution in [3.05, 3.63) is 29.1 Å². The van der Waals surface area contributed by atoms with E-state index in [4.69, 9.17) is 4.99 Å². The van der Waals surface area contributed by atoms with Crippen molar-refractivity contribution in [3.8, 4) is 10.6 Å². The van der Waals surface area contributed by atoms with Gasteiger partial charge in [0.25, 0.3) is 0 Å². The van der Waals surface area contributed by atoms with E-state index >= 15 is 0 Å². The minimum atomic E-state index is 0.487. The molecule has 118 valence electrons. The van der Waals surface area contributed by atoms with Crippen molar-refractivity contribution < 1.29 is 0 Å². The first-order chi connectivity index (χ1) is 10.6. The summed E-state index contributed by atoms with van der Waals surface area (Å²) in [7, 11) is 6.12. The highest BCUT2D eigenvalue weighted by molar-refractivity contribution is 7.12. The summed E-state index contributed by atoms with van der Waals surface area (Å²) in [4.78, 5) is 8.08. The Labute approximate surface area is 136 Å². The third-order valence-corrected chi connectivity index (χ3v) is 5.25. The predicted molar refractivity (Wildman–Crippen MR) is 93.3 cm³/mol. The molecule has 1 saturated carbocycles. The number of aryl methyl sites for hydroxylation is 1. The number of rotatable bonds is 3. The zero-order chi connectivity index (χ0) is 15.5. The van der Waals surface area contributed by atoms with Crippen molar-refractivity contribution in [2.75, 3.05) is 19.0 Å². The van der Waals surface area contributed by atoms with Gasteiger partial charge in [-0.1, -0.05) is 42.7 Å². The van der Waals surface area contributed by atoms with Gasteiger partial charge in [-0.25, -0.2) is 4.68 Å². The zero-order valence-electron chi connectivity index (χ0n) is 13.6. The molecule has 0 spiro atoms. The summed E-state index contributed by atoms with van der Waals surface area (Å²) in [6, 6.07) is 9.00. The standard InChI is InChI=1S/C17H24N4S/c1-20(2)15-11-7-8-13(12-15)16-19-21(3)17(22-16)18-14-9-5-4-6-10-14/h7-8,11-12,14H,4-6,9-10H2,1-3H3. The molecule has 3 rings (SSSR count). The molecule has 0 atom stereocenters. The van der Waals surface area contributed by atoms with Crippen LogP contribution >= 0.6 is 11.3 Å². The van der Waals surface area contributed by atoms with E-state index in [1.54, 1.807) is 11.3 Å². The normalized spacial score (nSPS) is 17.0. The Morgan fingerprint density at radius 3 is 2.73 bits per heavy atom. The number of aromatic nitrogens is 2. The molecule has 5 heteroatoms. The van der Waals surface area contributed by atoms with Gasteiger partial charge in [-0.15, -0.1) is 0 Å². The monoisotopic (exact) mass is 316 g/mol. The van der Waals surface area contributed by atoms with Crippen LogP contribution in [0.15, 0.2) is 29.3 Å². The molecule has 1 fully saturated rings. The summed E-state index contributed by atoms with van der Waals surface area (Å²) < 4.78 is 1.93. The first-order valence-corrected chi connectivity index (χ1v) is 8.81. The van der Waals surface area contributed by atoms with E-state index in [9.17, 15) is 0 Å².